The molecule has 0 unspecified atom stereocenters. The Balaban J connectivity index is 2.08. The third kappa shape index (κ3) is 4.14. The van der Waals surface area contributed by atoms with Gasteiger partial charge in [-0.3, -0.25) is 4.79 Å². The third-order valence-corrected chi connectivity index (χ3v) is 7.19. The molecule has 3 aromatic rings. The van der Waals surface area contributed by atoms with E-state index in [2.05, 4.69) is 49.2 Å². The highest BCUT2D eigenvalue weighted by Crippen LogP contribution is 2.38. The summed E-state index contributed by atoms with van der Waals surface area (Å²) in [5, 5.41) is 0.838. The number of fused-ring (bicyclic) bond motifs is 1. The van der Waals surface area contributed by atoms with Crippen LogP contribution in [0, 0.1) is 41.5 Å². The summed E-state index contributed by atoms with van der Waals surface area (Å²) < 4.78 is 2.09. The van der Waals surface area contributed by atoms with Crippen molar-refractivity contribution in [3.63, 3.8) is 0 Å². The van der Waals surface area contributed by atoms with Crippen molar-refractivity contribution < 1.29 is 4.79 Å². The number of rotatable bonds is 7. The molecule has 0 aliphatic heterocycles. The van der Waals surface area contributed by atoms with Crippen LogP contribution < -0.4 is 11.5 Å². The van der Waals surface area contributed by atoms with Crippen molar-refractivity contribution in [2.75, 3.05) is 5.73 Å². The molecule has 7 nitrogen and oxygen atoms in total. The molecule has 0 saturated heterocycles. The van der Waals surface area contributed by atoms with Gasteiger partial charge in [0, 0.05) is 17.9 Å². The summed E-state index contributed by atoms with van der Waals surface area (Å²) in [6, 6.07) is 0. The Labute approximate surface area is 181 Å². The zero-order chi connectivity index (χ0) is 22.2. The molecule has 30 heavy (non-hydrogen) atoms. The van der Waals surface area contributed by atoms with Crippen LogP contribution in [0.1, 0.15) is 52.9 Å². The van der Waals surface area contributed by atoms with E-state index >= 15 is 0 Å². The van der Waals surface area contributed by atoms with Crippen LogP contribution in [0.25, 0.3) is 11.2 Å². The van der Waals surface area contributed by atoms with E-state index in [0.717, 1.165) is 23.6 Å². The molecule has 1 amide bonds. The van der Waals surface area contributed by atoms with Gasteiger partial charge in [0.25, 0.3) is 0 Å². The summed E-state index contributed by atoms with van der Waals surface area (Å²) in [7, 11) is 0. The molecule has 0 aliphatic rings. The number of carbonyl (C=O) groups is 1. The number of nitrogens with zero attached hydrogens (tertiary/aromatic N) is 4. The standard InChI is InChI=1S/C22H30N6OS/c1-11-12(2)14(4)19(15(5)13(11)3)30-22-27-18-20(24)25-16(6)26-21(18)28(22)10-8-7-9-17(23)29/h7-10H2,1-6H3,(H2,23,29)(H2,24,25,26). The highest BCUT2D eigenvalue weighted by atomic mass is 32.2. The van der Waals surface area contributed by atoms with Crippen molar-refractivity contribution in [3.8, 4) is 0 Å². The maximum atomic E-state index is 11.1. The van der Waals surface area contributed by atoms with Gasteiger partial charge in [-0.15, -0.1) is 0 Å². The predicted octanol–water partition coefficient (Wildman–Crippen LogP) is 4.07. The molecule has 0 bridgehead atoms. The van der Waals surface area contributed by atoms with Gasteiger partial charge < -0.3 is 16.0 Å². The molecule has 0 fully saturated rings. The monoisotopic (exact) mass is 426 g/mol. The number of aryl methyl sites for hydroxylation is 2. The molecule has 0 aliphatic carbocycles. The highest BCUT2D eigenvalue weighted by molar-refractivity contribution is 7.99. The third-order valence-electron chi connectivity index (χ3n) is 5.88. The van der Waals surface area contributed by atoms with Crippen LogP contribution in [0.2, 0.25) is 0 Å². The molecule has 160 valence electrons. The van der Waals surface area contributed by atoms with Gasteiger partial charge in [-0.25, -0.2) is 15.0 Å². The van der Waals surface area contributed by atoms with Gasteiger partial charge in [0.1, 0.15) is 5.82 Å². The lowest BCUT2D eigenvalue weighted by molar-refractivity contribution is -0.118. The number of hydrogen-bond acceptors (Lipinski definition) is 6. The summed E-state index contributed by atoms with van der Waals surface area (Å²) >= 11 is 1.65. The second-order valence-corrected chi connectivity index (χ2v) is 8.83. The predicted molar refractivity (Wildman–Crippen MR) is 122 cm³/mol. The fraction of sp³-hybridized carbons (Fsp3) is 0.455. The van der Waals surface area contributed by atoms with Gasteiger partial charge in [-0.1, -0.05) is 11.8 Å². The topological polar surface area (TPSA) is 113 Å². The van der Waals surface area contributed by atoms with Gasteiger partial charge in [-0.05, 0) is 82.2 Å². The van der Waals surface area contributed by atoms with Crippen LogP contribution in [0.3, 0.4) is 0 Å². The van der Waals surface area contributed by atoms with Gasteiger partial charge >= 0.3 is 0 Å². The Morgan fingerprint density at radius 3 is 2.10 bits per heavy atom. The number of unbranched alkanes of at least 4 members (excludes halogenated alkanes) is 1. The van der Waals surface area contributed by atoms with E-state index in [9.17, 15) is 4.79 Å². The van der Waals surface area contributed by atoms with Crippen LogP contribution in [0.15, 0.2) is 10.1 Å². The maximum absolute atomic E-state index is 11.1. The van der Waals surface area contributed by atoms with Gasteiger partial charge in [0.15, 0.2) is 22.1 Å². The minimum absolute atomic E-state index is 0.278. The number of benzene rings is 1. The van der Waals surface area contributed by atoms with Crippen molar-refractivity contribution in [1.29, 1.82) is 0 Å². The van der Waals surface area contributed by atoms with Crippen molar-refractivity contribution in [1.82, 2.24) is 19.5 Å². The van der Waals surface area contributed by atoms with Gasteiger partial charge in [0.05, 0.1) is 0 Å². The van der Waals surface area contributed by atoms with E-state index in [1.54, 1.807) is 11.8 Å². The summed E-state index contributed by atoms with van der Waals surface area (Å²) in [6.45, 7) is 13.3. The molecule has 2 aromatic heterocycles. The fourth-order valence-corrected chi connectivity index (χ4v) is 4.89. The minimum atomic E-state index is -0.278. The number of carbonyl (C=O) groups excluding carboxylic acids is 1. The van der Waals surface area contributed by atoms with E-state index in [-0.39, 0.29) is 5.91 Å². The molecule has 0 saturated carbocycles. The lowest BCUT2D eigenvalue weighted by Crippen LogP contribution is -2.10. The number of imidazole rings is 1. The zero-order valence-electron chi connectivity index (χ0n) is 18.6. The largest absolute Gasteiger partial charge is 0.382 e. The number of aromatic nitrogens is 4. The van der Waals surface area contributed by atoms with Crippen molar-refractivity contribution in [3.05, 3.63) is 33.6 Å². The van der Waals surface area contributed by atoms with Crippen LogP contribution in [0.4, 0.5) is 5.82 Å². The summed E-state index contributed by atoms with van der Waals surface area (Å²) in [4.78, 5) is 26.0. The average Bonchev–Trinajstić information content (AvgIpc) is 3.03. The molecule has 1 aromatic carbocycles. The molecule has 4 N–H and O–H groups in total. The van der Waals surface area contributed by atoms with E-state index in [0.29, 0.717) is 30.1 Å². The summed E-state index contributed by atoms with van der Waals surface area (Å²) in [5.41, 5.74) is 19.3. The van der Waals surface area contributed by atoms with Crippen molar-refractivity contribution >= 4 is 34.7 Å². The Hall–Kier alpha value is -2.61. The Morgan fingerprint density at radius 1 is 0.900 bits per heavy atom. The molecule has 0 atom stereocenters. The van der Waals surface area contributed by atoms with E-state index in [1.165, 1.54) is 32.7 Å². The molecule has 3 rings (SSSR count). The minimum Gasteiger partial charge on any atom is -0.382 e. The highest BCUT2D eigenvalue weighted by Gasteiger charge is 2.20. The number of hydrogen-bond donors (Lipinski definition) is 2. The smallest absolute Gasteiger partial charge is 0.217 e. The van der Waals surface area contributed by atoms with Crippen LogP contribution in [0.5, 0.6) is 0 Å². The zero-order valence-corrected chi connectivity index (χ0v) is 19.4. The number of nitrogens with two attached hydrogens (primary N) is 2. The fourth-order valence-electron chi connectivity index (χ4n) is 3.67. The van der Waals surface area contributed by atoms with Crippen molar-refractivity contribution in [2.24, 2.45) is 5.73 Å². The second kappa shape index (κ2) is 8.63. The van der Waals surface area contributed by atoms with Crippen LogP contribution >= 0.6 is 11.8 Å². The number of nitrogen functional groups attached to an aromatic ring is 1. The Kier molecular flexibility index (Phi) is 6.36. The van der Waals surface area contributed by atoms with Crippen LogP contribution in [-0.4, -0.2) is 25.4 Å². The SMILES string of the molecule is Cc1nc(N)c2nc(Sc3c(C)c(C)c(C)c(C)c3C)n(CCCCC(N)=O)c2n1. The van der Waals surface area contributed by atoms with Crippen molar-refractivity contribution in [2.45, 2.75) is 77.4 Å². The average molecular weight is 427 g/mol. The number of anilines is 1. The quantitative estimate of drug-likeness (QED) is 0.551. The van der Waals surface area contributed by atoms with E-state index in [1.807, 2.05) is 6.92 Å². The molecule has 0 spiro atoms. The molecular formula is C22H30N6OS. The Morgan fingerprint density at radius 2 is 1.50 bits per heavy atom. The molecule has 8 heteroatoms. The lowest BCUT2D eigenvalue weighted by Gasteiger charge is -2.18. The van der Waals surface area contributed by atoms with Gasteiger partial charge in [0.2, 0.25) is 5.91 Å². The summed E-state index contributed by atoms with van der Waals surface area (Å²) in [5.74, 6) is 0.725. The van der Waals surface area contributed by atoms with E-state index in [4.69, 9.17) is 16.5 Å². The first-order valence-electron chi connectivity index (χ1n) is 10.1. The number of amides is 1. The molecular weight excluding hydrogens is 396 g/mol. The van der Waals surface area contributed by atoms with E-state index < -0.39 is 0 Å². The summed E-state index contributed by atoms with van der Waals surface area (Å²) in [6.07, 6.45) is 1.90. The second-order valence-electron chi connectivity index (χ2n) is 7.85. The molecule has 0 radical (unpaired) electrons. The lowest BCUT2D eigenvalue weighted by atomic mass is 9.95. The first-order chi connectivity index (χ1) is 14.1. The normalized spacial score (nSPS) is 11.4. The first kappa shape index (κ1) is 22.1. The van der Waals surface area contributed by atoms with Gasteiger partial charge in [-0.2, -0.15) is 0 Å². The Bertz CT molecular complexity index is 1110. The molecule has 2 heterocycles. The number of primary amides is 1. The maximum Gasteiger partial charge on any atom is 0.217 e. The van der Waals surface area contributed by atoms with Crippen LogP contribution in [-0.2, 0) is 11.3 Å². The first-order valence-corrected chi connectivity index (χ1v) is 11.0.